The van der Waals surface area contributed by atoms with Crippen LogP contribution in [0.3, 0.4) is 0 Å². The molecule has 2 aromatic carbocycles. The van der Waals surface area contributed by atoms with Crippen LogP contribution < -0.4 is 5.19 Å². The van der Waals surface area contributed by atoms with Crippen molar-refractivity contribution in [1.29, 1.82) is 0 Å². The van der Waals surface area contributed by atoms with E-state index < -0.39 is 9.76 Å². The summed E-state index contributed by atoms with van der Waals surface area (Å²) in [5.41, 5.74) is 1.11. The van der Waals surface area contributed by atoms with Gasteiger partial charge in [-0.15, -0.1) is 0 Å². The van der Waals surface area contributed by atoms with Crippen LogP contribution in [-0.4, -0.2) is 24.8 Å². The van der Waals surface area contributed by atoms with Crippen molar-refractivity contribution in [2.45, 2.75) is 26.2 Å². The first-order valence-electron chi connectivity index (χ1n) is 5.93. The summed E-state index contributed by atoms with van der Waals surface area (Å²) in [6.45, 7) is 6.31. The van der Waals surface area contributed by atoms with Gasteiger partial charge in [-0.05, 0) is 28.5 Å². The van der Waals surface area contributed by atoms with Crippen molar-refractivity contribution in [3.8, 4) is 11.5 Å². The van der Waals surface area contributed by atoms with E-state index in [4.69, 9.17) is 0 Å². The van der Waals surface area contributed by atoms with Gasteiger partial charge in [-0.2, -0.15) is 0 Å². The highest BCUT2D eigenvalue weighted by Crippen LogP contribution is 2.32. The Hall–Kier alpha value is -1.52. The molecule has 3 nitrogen and oxygen atoms in total. The number of aromatic hydroxyl groups is 2. The van der Waals surface area contributed by atoms with Crippen LogP contribution >= 0.6 is 0 Å². The molecular formula is C14H18O3Si. The van der Waals surface area contributed by atoms with Crippen molar-refractivity contribution in [3.05, 3.63) is 29.8 Å². The van der Waals surface area contributed by atoms with E-state index in [-0.39, 0.29) is 16.9 Å². The molecule has 96 valence electrons. The van der Waals surface area contributed by atoms with Gasteiger partial charge in [-0.3, -0.25) is 0 Å². The summed E-state index contributed by atoms with van der Waals surface area (Å²) in [5, 5.41) is 21.7. The topological polar surface area (TPSA) is 60.7 Å². The van der Waals surface area contributed by atoms with Gasteiger partial charge < -0.3 is 15.0 Å². The second-order valence-electron chi connectivity index (χ2n) is 5.57. The first-order chi connectivity index (χ1) is 8.34. The quantitative estimate of drug-likeness (QED) is 0.678. The molecule has 0 aromatic heterocycles. The fourth-order valence-corrected chi connectivity index (χ4v) is 2.63. The van der Waals surface area contributed by atoms with Crippen LogP contribution in [0.1, 0.15) is 26.3 Å². The largest absolute Gasteiger partial charge is 0.508 e. The van der Waals surface area contributed by atoms with Gasteiger partial charge in [0.25, 0.3) is 0 Å². The Morgan fingerprint density at radius 2 is 1.72 bits per heavy atom. The summed E-state index contributed by atoms with van der Waals surface area (Å²) in [4.78, 5) is 9.31. The summed E-state index contributed by atoms with van der Waals surface area (Å²) in [6, 6.07) is 7.41. The van der Waals surface area contributed by atoms with Gasteiger partial charge in [-0.25, -0.2) is 0 Å². The molecule has 0 radical (unpaired) electrons. The molecule has 0 saturated heterocycles. The van der Waals surface area contributed by atoms with E-state index in [1.165, 1.54) is 0 Å². The van der Waals surface area contributed by atoms with E-state index in [9.17, 15) is 15.0 Å². The van der Waals surface area contributed by atoms with E-state index in [1.807, 2.05) is 18.2 Å². The van der Waals surface area contributed by atoms with Gasteiger partial charge >= 0.3 is 0 Å². The Morgan fingerprint density at radius 1 is 1.06 bits per heavy atom. The summed E-state index contributed by atoms with van der Waals surface area (Å²) in [7, 11) is -1.60. The van der Waals surface area contributed by atoms with Crippen LogP contribution in [0.15, 0.2) is 24.3 Å². The zero-order chi connectivity index (χ0) is 13.5. The Balaban J connectivity index is 2.76. The van der Waals surface area contributed by atoms with E-state index in [0.717, 1.165) is 10.9 Å². The minimum atomic E-state index is -1.60. The van der Waals surface area contributed by atoms with Crippen molar-refractivity contribution < 1.29 is 15.0 Å². The Kier molecular flexibility index (Phi) is 3.08. The van der Waals surface area contributed by atoms with E-state index >= 15 is 0 Å². The fraction of sp³-hybridized carbons (Fsp3) is 0.286. The molecule has 18 heavy (non-hydrogen) atoms. The van der Waals surface area contributed by atoms with Crippen LogP contribution in [0.2, 0.25) is 0 Å². The molecule has 0 heterocycles. The molecule has 0 aliphatic carbocycles. The molecule has 0 amide bonds. The van der Waals surface area contributed by atoms with Crippen LogP contribution in [0, 0.1) is 0 Å². The van der Waals surface area contributed by atoms with Crippen molar-refractivity contribution in [2.75, 3.05) is 0 Å². The third-order valence-electron chi connectivity index (χ3n) is 3.22. The number of hydrogen-bond donors (Lipinski definition) is 3. The molecule has 0 aliphatic heterocycles. The molecule has 2 aromatic rings. The first-order valence-corrected chi connectivity index (χ1v) is 7.27. The summed E-state index contributed by atoms with van der Waals surface area (Å²) in [6.07, 6.45) is 0. The van der Waals surface area contributed by atoms with E-state index in [1.54, 1.807) is 6.07 Å². The Morgan fingerprint density at radius 3 is 2.28 bits per heavy atom. The molecule has 3 N–H and O–H groups in total. The molecule has 0 aliphatic rings. The molecule has 2 rings (SSSR count). The zero-order valence-electron chi connectivity index (χ0n) is 10.9. The van der Waals surface area contributed by atoms with Crippen molar-refractivity contribution in [2.24, 2.45) is 0 Å². The maximum absolute atomic E-state index is 10.1. The van der Waals surface area contributed by atoms with E-state index in [2.05, 4.69) is 20.8 Å². The first kappa shape index (κ1) is 12.9. The monoisotopic (exact) mass is 262 g/mol. The molecule has 0 saturated carbocycles. The number of hydrogen-bond acceptors (Lipinski definition) is 3. The molecule has 0 atom stereocenters. The lowest BCUT2D eigenvalue weighted by molar-refractivity contribution is 0.460. The molecule has 4 heteroatoms. The Bertz CT molecular complexity index is 600. The average molecular weight is 262 g/mol. The normalized spacial score (nSPS) is 12.7. The molecule has 0 unspecified atom stereocenters. The lowest BCUT2D eigenvalue weighted by Gasteiger charge is -2.20. The lowest BCUT2D eigenvalue weighted by Crippen LogP contribution is -2.15. The minimum absolute atomic E-state index is 0.00464. The summed E-state index contributed by atoms with van der Waals surface area (Å²) >= 11 is 0. The highest BCUT2D eigenvalue weighted by molar-refractivity contribution is 6.49. The van der Waals surface area contributed by atoms with Gasteiger partial charge in [0, 0.05) is 10.6 Å². The third-order valence-corrected chi connectivity index (χ3v) is 4.23. The van der Waals surface area contributed by atoms with Crippen LogP contribution in [-0.2, 0) is 5.41 Å². The van der Waals surface area contributed by atoms with Crippen LogP contribution in [0.5, 0.6) is 11.5 Å². The van der Waals surface area contributed by atoms with Gasteiger partial charge in [0.1, 0.15) is 11.5 Å². The highest BCUT2D eigenvalue weighted by atomic mass is 28.2. The number of fused-ring (bicyclic) bond motifs is 1. The zero-order valence-corrected chi connectivity index (χ0v) is 12.3. The van der Waals surface area contributed by atoms with Gasteiger partial charge in [0.05, 0.1) is 0 Å². The maximum atomic E-state index is 10.1. The lowest BCUT2D eigenvalue weighted by atomic mass is 9.86. The maximum Gasteiger partial charge on any atom is 0.196 e. The number of benzene rings is 2. The predicted molar refractivity (Wildman–Crippen MR) is 76.4 cm³/mol. The third kappa shape index (κ3) is 2.09. The SMILES string of the molecule is CC(C)(C)c1ccc2cc(O)c([SiH2]O)c(O)c2c1. The minimum Gasteiger partial charge on any atom is -0.508 e. The fourth-order valence-electron chi connectivity index (χ4n) is 2.03. The van der Waals surface area contributed by atoms with Crippen LogP contribution in [0.4, 0.5) is 0 Å². The molecule has 0 bridgehead atoms. The Labute approximate surface area is 109 Å². The van der Waals surface area contributed by atoms with Gasteiger partial charge in [0.2, 0.25) is 0 Å². The number of phenolic OH excluding ortho intramolecular Hbond substituents is 2. The van der Waals surface area contributed by atoms with E-state index in [0.29, 0.717) is 10.6 Å². The van der Waals surface area contributed by atoms with Crippen molar-refractivity contribution in [1.82, 2.24) is 0 Å². The molecule has 0 fully saturated rings. The van der Waals surface area contributed by atoms with Gasteiger partial charge in [-0.1, -0.05) is 32.9 Å². The summed E-state index contributed by atoms with van der Waals surface area (Å²) < 4.78 is 0. The van der Waals surface area contributed by atoms with Gasteiger partial charge in [0.15, 0.2) is 9.76 Å². The standard InChI is InChI=1S/C14H18O3Si/c1-14(2,3)9-5-4-8-6-11(15)13(18-17)12(16)10(8)7-9/h4-7,15-17H,18H2,1-3H3. The van der Waals surface area contributed by atoms with Crippen molar-refractivity contribution >= 4 is 25.7 Å². The summed E-state index contributed by atoms with van der Waals surface area (Å²) in [5.74, 6) is 0.00272. The smallest absolute Gasteiger partial charge is 0.196 e. The number of phenols is 2. The highest BCUT2D eigenvalue weighted by Gasteiger charge is 2.17. The van der Waals surface area contributed by atoms with Crippen molar-refractivity contribution in [3.63, 3.8) is 0 Å². The molecular weight excluding hydrogens is 244 g/mol. The second kappa shape index (κ2) is 4.30. The second-order valence-corrected chi connectivity index (χ2v) is 6.59. The predicted octanol–water partition coefficient (Wildman–Crippen LogP) is 1.25. The molecule has 0 spiro atoms. The number of rotatable bonds is 1. The average Bonchev–Trinajstić information content (AvgIpc) is 2.27. The van der Waals surface area contributed by atoms with Crippen LogP contribution in [0.25, 0.3) is 10.8 Å².